The van der Waals surface area contributed by atoms with Gasteiger partial charge in [0.25, 0.3) is 0 Å². The lowest BCUT2D eigenvalue weighted by molar-refractivity contribution is 0.179. The van der Waals surface area contributed by atoms with Gasteiger partial charge in [-0.2, -0.15) is 0 Å². The normalized spacial score (nSPS) is 22.4. The highest BCUT2D eigenvalue weighted by Crippen LogP contribution is 2.73. The van der Waals surface area contributed by atoms with Crippen LogP contribution in [0.4, 0.5) is 0 Å². The van der Waals surface area contributed by atoms with E-state index in [1.165, 1.54) is 18.9 Å². The lowest BCUT2D eigenvalue weighted by Crippen LogP contribution is -2.49. The van der Waals surface area contributed by atoms with Crippen LogP contribution in [0.3, 0.4) is 0 Å². The Balaban J connectivity index is 2.80. The molecular formula is C23H50OSi2. The summed E-state index contributed by atoms with van der Waals surface area (Å²) in [6.07, 6.45) is 3.06. The summed E-state index contributed by atoms with van der Waals surface area (Å²) in [5.41, 5.74) is 3.05. The molecule has 1 fully saturated rings. The molecule has 1 rings (SSSR count). The van der Waals surface area contributed by atoms with E-state index in [2.05, 4.69) is 90.0 Å². The highest BCUT2D eigenvalue weighted by molar-refractivity contribution is 6.95. The summed E-state index contributed by atoms with van der Waals surface area (Å²) >= 11 is 0. The first-order valence-corrected chi connectivity index (χ1v) is 15.6. The molecule has 0 amide bonds. The monoisotopic (exact) mass is 398 g/mol. The van der Waals surface area contributed by atoms with Crippen molar-refractivity contribution in [3.8, 4) is 0 Å². The van der Waals surface area contributed by atoms with Crippen molar-refractivity contribution in [2.75, 3.05) is 0 Å². The molecule has 0 aromatic heterocycles. The zero-order chi connectivity index (χ0) is 20.7. The Kier molecular flexibility index (Phi) is 7.54. The van der Waals surface area contributed by atoms with E-state index < -0.39 is 16.4 Å². The van der Waals surface area contributed by atoms with Crippen LogP contribution < -0.4 is 0 Å². The highest BCUT2D eigenvalue weighted by atomic mass is 28.4. The van der Waals surface area contributed by atoms with Crippen molar-refractivity contribution < 1.29 is 4.43 Å². The third kappa shape index (κ3) is 4.35. The summed E-state index contributed by atoms with van der Waals surface area (Å²) in [5, 5.41) is 1.04. The van der Waals surface area contributed by atoms with Gasteiger partial charge in [-0.15, -0.1) is 0 Å². The van der Waals surface area contributed by atoms with Gasteiger partial charge in [0.2, 0.25) is 8.32 Å². The van der Waals surface area contributed by atoms with Gasteiger partial charge >= 0.3 is 0 Å². The minimum Gasteiger partial charge on any atom is -0.413 e. The fourth-order valence-corrected chi connectivity index (χ4v) is 20.6. The predicted molar refractivity (Wildman–Crippen MR) is 125 cm³/mol. The van der Waals surface area contributed by atoms with Gasteiger partial charge in [-0.1, -0.05) is 95.5 Å². The van der Waals surface area contributed by atoms with Crippen LogP contribution in [0.25, 0.3) is 0 Å². The van der Waals surface area contributed by atoms with Gasteiger partial charge in [0, 0.05) is 6.10 Å². The van der Waals surface area contributed by atoms with Crippen molar-refractivity contribution in [1.29, 1.82) is 0 Å². The van der Waals surface area contributed by atoms with Crippen LogP contribution in [0.15, 0.2) is 0 Å². The average Bonchev–Trinajstić information content (AvgIpc) is 3.16. The van der Waals surface area contributed by atoms with E-state index in [0.717, 1.165) is 5.54 Å². The van der Waals surface area contributed by atoms with E-state index in [9.17, 15) is 0 Å². The Hall–Kier alpha value is 0.394. The number of hydrogen-bond acceptors (Lipinski definition) is 1. The fourth-order valence-electron chi connectivity index (χ4n) is 6.89. The average molecular weight is 399 g/mol. The van der Waals surface area contributed by atoms with Gasteiger partial charge in [0.05, 0.1) is 8.07 Å². The molecule has 0 radical (unpaired) electrons. The van der Waals surface area contributed by atoms with Crippen LogP contribution in [0.1, 0.15) is 103 Å². The molecule has 0 bridgehead atoms. The van der Waals surface area contributed by atoms with E-state index in [1.54, 1.807) is 0 Å². The van der Waals surface area contributed by atoms with E-state index in [4.69, 9.17) is 4.43 Å². The predicted octanol–water partition coefficient (Wildman–Crippen LogP) is 8.78. The van der Waals surface area contributed by atoms with Crippen LogP contribution in [0.2, 0.25) is 38.3 Å². The summed E-state index contributed by atoms with van der Waals surface area (Å²) in [5.74, 6) is 0. The van der Waals surface area contributed by atoms with Crippen LogP contribution in [0, 0.1) is 0 Å². The minimum atomic E-state index is -1.74. The quantitative estimate of drug-likeness (QED) is 0.371. The summed E-state index contributed by atoms with van der Waals surface area (Å²) in [7, 11) is -2.96. The molecule has 1 heterocycles. The molecule has 1 aliphatic heterocycles. The Morgan fingerprint density at radius 1 is 0.808 bits per heavy atom. The Labute approximate surface area is 168 Å². The molecule has 0 N–H and O–H groups in total. The fraction of sp³-hybridized carbons (Fsp3) is 1.00. The second kappa shape index (κ2) is 8.02. The standard InChI is InChI=1S/C23H50OSi2/c1-17(2)26(18(3)4,19(5)6)24-20(7)14-15-21-16-25(21,22(8,9)10)23(11,12)13/h17-21H,14-16H2,1-13H3/t20-,21-/m0/s1. The molecule has 0 saturated carbocycles. The van der Waals surface area contributed by atoms with Crippen molar-refractivity contribution in [3.05, 3.63) is 0 Å². The Bertz CT molecular complexity index is 418. The zero-order valence-electron chi connectivity index (χ0n) is 20.4. The Morgan fingerprint density at radius 2 is 1.19 bits per heavy atom. The zero-order valence-corrected chi connectivity index (χ0v) is 22.4. The third-order valence-electron chi connectivity index (χ3n) is 7.82. The molecular weight excluding hydrogens is 348 g/mol. The van der Waals surface area contributed by atoms with Crippen molar-refractivity contribution in [3.63, 3.8) is 0 Å². The molecule has 1 aliphatic rings. The van der Waals surface area contributed by atoms with E-state index >= 15 is 0 Å². The molecule has 0 aromatic rings. The first kappa shape index (κ1) is 24.4. The molecule has 1 nitrogen and oxygen atoms in total. The first-order valence-electron chi connectivity index (χ1n) is 11.2. The van der Waals surface area contributed by atoms with Crippen LogP contribution in [0.5, 0.6) is 0 Å². The van der Waals surface area contributed by atoms with Crippen LogP contribution in [-0.2, 0) is 4.43 Å². The maximum atomic E-state index is 6.99. The molecule has 0 aliphatic carbocycles. The summed E-state index contributed by atoms with van der Waals surface area (Å²) < 4.78 is 6.99. The van der Waals surface area contributed by atoms with Gasteiger partial charge in [-0.3, -0.25) is 0 Å². The highest BCUT2D eigenvalue weighted by Gasteiger charge is 2.67. The smallest absolute Gasteiger partial charge is 0.200 e. The van der Waals surface area contributed by atoms with Crippen molar-refractivity contribution in [2.24, 2.45) is 0 Å². The van der Waals surface area contributed by atoms with Gasteiger partial charge < -0.3 is 4.43 Å². The van der Waals surface area contributed by atoms with Crippen molar-refractivity contribution in [1.82, 2.24) is 0 Å². The van der Waals surface area contributed by atoms with Gasteiger partial charge in [-0.05, 0) is 45.6 Å². The molecule has 0 unspecified atom stereocenters. The molecule has 0 aromatic carbocycles. The van der Waals surface area contributed by atoms with Crippen LogP contribution >= 0.6 is 0 Å². The van der Waals surface area contributed by atoms with E-state index in [0.29, 0.717) is 32.8 Å². The molecule has 26 heavy (non-hydrogen) atoms. The largest absolute Gasteiger partial charge is 0.413 e. The maximum absolute atomic E-state index is 6.99. The van der Waals surface area contributed by atoms with Crippen molar-refractivity contribution in [2.45, 2.75) is 147 Å². The second-order valence-corrected chi connectivity index (χ2v) is 23.8. The summed E-state index contributed by atoms with van der Waals surface area (Å²) in [6, 6.07) is 1.54. The second-order valence-electron chi connectivity index (χ2n) is 12.2. The lowest BCUT2D eigenvalue weighted by Gasteiger charge is -2.44. The summed E-state index contributed by atoms with van der Waals surface area (Å²) in [4.78, 5) is 0. The number of hydrogen-bond donors (Lipinski definition) is 0. The van der Waals surface area contributed by atoms with E-state index in [-0.39, 0.29) is 0 Å². The van der Waals surface area contributed by atoms with Gasteiger partial charge in [0.15, 0.2) is 0 Å². The minimum absolute atomic E-state index is 0.418. The molecule has 3 heteroatoms. The molecule has 156 valence electrons. The Morgan fingerprint density at radius 3 is 1.46 bits per heavy atom. The van der Waals surface area contributed by atoms with Gasteiger partial charge in [-0.25, -0.2) is 0 Å². The van der Waals surface area contributed by atoms with Gasteiger partial charge in [0.1, 0.15) is 0 Å². The van der Waals surface area contributed by atoms with E-state index in [1.807, 2.05) is 0 Å². The maximum Gasteiger partial charge on any atom is 0.200 e. The molecule has 0 spiro atoms. The lowest BCUT2D eigenvalue weighted by atomic mass is 10.2. The summed E-state index contributed by atoms with van der Waals surface area (Å²) in [6.45, 7) is 31.8. The first-order chi connectivity index (χ1) is 11.5. The molecule has 2 atom stereocenters. The van der Waals surface area contributed by atoms with Crippen LogP contribution in [-0.4, -0.2) is 22.5 Å². The topological polar surface area (TPSA) is 9.23 Å². The van der Waals surface area contributed by atoms with Crippen molar-refractivity contribution >= 4 is 16.4 Å². The molecule has 1 saturated heterocycles. The third-order valence-corrected chi connectivity index (χ3v) is 21.9. The SMILES string of the molecule is CC(C)[Si](O[C@@H](C)CC[C@H]1C[Si]1(C(C)(C)C)C(C)(C)C)(C(C)C)C(C)C. The number of rotatable bonds is 8.